The van der Waals surface area contributed by atoms with Crippen LogP contribution in [0, 0.1) is 73.9 Å². The first-order valence-corrected chi connectivity index (χ1v) is 19.6. The van der Waals surface area contributed by atoms with E-state index in [1.54, 1.807) is 0 Å². The summed E-state index contributed by atoms with van der Waals surface area (Å²) < 4.78 is 8.16. The first kappa shape index (κ1) is 25.1. The molecule has 15 rings (SSSR count). The van der Waals surface area contributed by atoms with Crippen molar-refractivity contribution in [3.8, 4) is 0 Å². The maximum Gasteiger partial charge on any atom is 0.0744 e. The van der Waals surface area contributed by atoms with Gasteiger partial charge in [-0.25, -0.2) is 0 Å². The van der Waals surface area contributed by atoms with Crippen molar-refractivity contribution in [1.29, 1.82) is 0 Å². The first-order valence-electron chi connectivity index (χ1n) is 19.6. The average Bonchev–Trinajstić information content (AvgIpc) is 3.52. The van der Waals surface area contributed by atoms with E-state index in [1.165, 1.54) is 109 Å². The summed E-state index contributed by atoms with van der Waals surface area (Å²) in [5.41, 5.74) is 8.61. The van der Waals surface area contributed by atoms with Gasteiger partial charge in [0.2, 0.25) is 0 Å². The third-order valence-electron chi connectivity index (χ3n) is 19.7. The van der Waals surface area contributed by atoms with Crippen LogP contribution in [0.3, 0.4) is 0 Å². The molecule has 12 bridgehead atoms. The Morgan fingerprint density at radius 1 is 0.955 bits per heavy atom. The Hall–Kier alpha value is -0.930. The number of hydrogen-bond donors (Lipinski definition) is 0. The van der Waals surface area contributed by atoms with Gasteiger partial charge >= 0.3 is 0 Å². The van der Waals surface area contributed by atoms with Crippen LogP contribution in [0.4, 0.5) is 0 Å². The second-order valence-electron chi connectivity index (χ2n) is 20.8. The van der Waals surface area contributed by atoms with Gasteiger partial charge in [-0.15, -0.1) is 0 Å². The highest BCUT2D eigenvalue weighted by Gasteiger charge is 2.86. The van der Waals surface area contributed by atoms with Gasteiger partial charge in [0.05, 0.1) is 17.7 Å². The number of hydrogen-bond acceptors (Lipinski definition) is 3. The van der Waals surface area contributed by atoms with Gasteiger partial charge in [0.25, 0.3) is 0 Å². The fourth-order valence-corrected chi connectivity index (χ4v) is 19.0. The molecule has 12 aliphatic carbocycles. The number of aliphatic imine (C=N–C) groups is 1. The van der Waals surface area contributed by atoms with Crippen molar-refractivity contribution in [2.75, 3.05) is 20.1 Å². The summed E-state index contributed by atoms with van der Waals surface area (Å²) in [5, 5.41) is 0. The van der Waals surface area contributed by atoms with Crippen LogP contribution in [-0.2, 0) is 4.74 Å². The highest BCUT2D eigenvalue weighted by atomic mass is 16.5. The molecule has 8 saturated carbocycles. The Morgan fingerprint density at radius 3 is 2.82 bits per heavy atom. The summed E-state index contributed by atoms with van der Waals surface area (Å²) in [6, 6.07) is 0.656. The van der Waals surface area contributed by atoms with Crippen LogP contribution >= 0.6 is 0 Å². The molecule has 0 unspecified atom stereocenters. The van der Waals surface area contributed by atoms with Gasteiger partial charge in [-0.1, -0.05) is 31.9 Å². The van der Waals surface area contributed by atoms with Crippen LogP contribution < -0.4 is 0 Å². The normalized spacial score (nSPS) is 67.4. The highest BCUT2D eigenvalue weighted by Crippen LogP contribution is 2.88. The third-order valence-corrected chi connectivity index (χ3v) is 19.7. The molecule has 234 valence electrons. The molecule has 3 nitrogen and oxygen atoms in total. The number of fused-ring (bicyclic) bond motifs is 3. The lowest BCUT2D eigenvalue weighted by Crippen LogP contribution is -2.66. The summed E-state index contributed by atoms with van der Waals surface area (Å²) in [6.07, 6.45) is 27.6. The highest BCUT2D eigenvalue weighted by molar-refractivity contribution is 5.69. The molecule has 2 saturated heterocycles. The average molecular weight is 591 g/mol. The van der Waals surface area contributed by atoms with E-state index in [1.807, 2.05) is 16.7 Å². The summed E-state index contributed by atoms with van der Waals surface area (Å²) in [7, 11) is 2.38. The molecule has 3 heteroatoms. The van der Waals surface area contributed by atoms with Crippen LogP contribution in [0.25, 0.3) is 0 Å². The smallest absolute Gasteiger partial charge is 0.0744 e. The molecule has 0 N–H and O–H groups in total. The topological polar surface area (TPSA) is 24.8 Å². The molecule has 15 aliphatic rings. The fraction of sp³-hybridized carbons (Fsp3) is 0.878. The van der Waals surface area contributed by atoms with Crippen molar-refractivity contribution in [3.05, 3.63) is 22.8 Å². The molecule has 5 spiro atoms. The quantitative estimate of drug-likeness (QED) is 0.286. The molecule has 0 aromatic rings. The predicted molar refractivity (Wildman–Crippen MR) is 172 cm³/mol. The molecular formula is C41H54N2O. The molecule has 10 fully saturated rings. The van der Waals surface area contributed by atoms with Crippen LogP contribution in [0.1, 0.15) is 110 Å². The molecule has 44 heavy (non-hydrogen) atoms. The zero-order chi connectivity index (χ0) is 28.9. The molecule has 16 atom stereocenters. The minimum absolute atomic E-state index is 0.186. The van der Waals surface area contributed by atoms with Crippen LogP contribution in [0.5, 0.6) is 0 Å². The summed E-state index contributed by atoms with van der Waals surface area (Å²) in [4.78, 5) is 8.27. The van der Waals surface area contributed by atoms with E-state index in [0.29, 0.717) is 44.6 Å². The van der Waals surface area contributed by atoms with Gasteiger partial charge in [0.15, 0.2) is 0 Å². The molecule has 3 aliphatic heterocycles. The van der Waals surface area contributed by atoms with E-state index in [9.17, 15) is 0 Å². The van der Waals surface area contributed by atoms with E-state index in [2.05, 4.69) is 38.1 Å². The number of allylic oxidation sites excluding steroid dienone is 2. The summed E-state index contributed by atoms with van der Waals surface area (Å²) >= 11 is 0. The maximum absolute atomic E-state index is 8.16. The van der Waals surface area contributed by atoms with Gasteiger partial charge in [0, 0.05) is 46.4 Å². The maximum atomic E-state index is 8.16. The Kier molecular flexibility index (Phi) is 3.97. The lowest BCUT2D eigenvalue weighted by atomic mass is 9.38. The SMILES string of the molecule is CN1C[C@@H]2CC3=C(CC[C@@]45C[C@H]6[C@H](C=C34)[C@]63CC[C@@]4(C[C@]67CC[C@H]8[C@]9%10CCC[C@@]8(C)C=N[C@@H]9[C@H]6C[C@H]4C[C@H]7%10)O[C@@H]53)[C@@](C)(C2)C1. The molecule has 0 aromatic heterocycles. The van der Waals surface area contributed by atoms with E-state index in [0.717, 1.165) is 41.4 Å². The van der Waals surface area contributed by atoms with E-state index < -0.39 is 0 Å². The third kappa shape index (κ3) is 2.28. The Labute approximate surface area is 265 Å². The zero-order valence-electron chi connectivity index (χ0n) is 27.7. The van der Waals surface area contributed by atoms with Crippen molar-refractivity contribution in [1.82, 2.24) is 4.90 Å². The Bertz CT molecular complexity index is 1560. The fourth-order valence-electron chi connectivity index (χ4n) is 19.0. The molecule has 0 radical (unpaired) electrons. The number of nitrogens with zero attached hydrogens (tertiary/aromatic N) is 2. The minimum atomic E-state index is 0.186. The van der Waals surface area contributed by atoms with Crippen LogP contribution in [0.2, 0.25) is 0 Å². The molecule has 0 amide bonds. The van der Waals surface area contributed by atoms with Crippen molar-refractivity contribution in [2.45, 2.75) is 128 Å². The second kappa shape index (κ2) is 6.95. The van der Waals surface area contributed by atoms with Crippen molar-refractivity contribution < 1.29 is 4.74 Å². The molecule has 3 heterocycles. The molecular weight excluding hydrogens is 536 g/mol. The van der Waals surface area contributed by atoms with Gasteiger partial charge in [-0.2, -0.15) is 0 Å². The zero-order valence-corrected chi connectivity index (χ0v) is 27.7. The minimum Gasteiger partial charge on any atom is -0.370 e. The van der Waals surface area contributed by atoms with Gasteiger partial charge in [0.1, 0.15) is 0 Å². The Balaban J connectivity index is 0.896. The number of rotatable bonds is 0. The van der Waals surface area contributed by atoms with E-state index in [-0.39, 0.29) is 5.60 Å². The number of piperidine rings is 1. The van der Waals surface area contributed by atoms with E-state index >= 15 is 0 Å². The summed E-state index contributed by atoms with van der Waals surface area (Å²) in [5.74, 6) is 6.19. The largest absolute Gasteiger partial charge is 0.370 e. The lowest BCUT2D eigenvalue weighted by Gasteiger charge is -2.69. The number of likely N-dealkylation sites (tertiary alicyclic amines) is 1. The van der Waals surface area contributed by atoms with Crippen molar-refractivity contribution in [2.24, 2.45) is 78.9 Å². The molecule has 0 aromatic carbocycles. The van der Waals surface area contributed by atoms with Crippen molar-refractivity contribution in [3.63, 3.8) is 0 Å². The predicted octanol–water partition coefficient (Wildman–Crippen LogP) is 8.00. The van der Waals surface area contributed by atoms with Crippen LogP contribution in [0.15, 0.2) is 27.8 Å². The Morgan fingerprint density at radius 2 is 1.89 bits per heavy atom. The van der Waals surface area contributed by atoms with Crippen LogP contribution in [-0.4, -0.2) is 49.0 Å². The van der Waals surface area contributed by atoms with Gasteiger partial charge < -0.3 is 9.64 Å². The van der Waals surface area contributed by atoms with Crippen molar-refractivity contribution >= 4 is 6.21 Å². The number of ether oxygens (including phenoxy) is 1. The monoisotopic (exact) mass is 590 g/mol. The van der Waals surface area contributed by atoms with E-state index in [4.69, 9.17) is 9.73 Å². The standard InChI is InChI=1S/C41H54N2O/c1-35-7-4-8-41-31(35)6-10-38-20-39(24(15-32(38)41)14-29(38)33(41)42-21-35)11-12-40-28-16-27-25-13-23-17-36(2,22-43(3)19-23)26(25)5-9-37(27,18-30(28)40)34(40)44-39/h16,21,23-24,28-34H,4-15,17-20,22H2,1-3H3/t23-,24+,28+,29-,30+,31-,32-,33-,34+,35+,36+,37-,38-,39+,40-,41+/m1/s1. The van der Waals surface area contributed by atoms with Gasteiger partial charge in [-0.05, 0) is 155 Å². The first-order chi connectivity index (χ1) is 21.2. The second-order valence-corrected chi connectivity index (χ2v) is 20.8. The summed E-state index contributed by atoms with van der Waals surface area (Å²) in [6.45, 7) is 7.83. The van der Waals surface area contributed by atoms with Gasteiger partial charge in [-0.3, -0.25) is 4.99 Å². The lowest BCUT2D eigenvalue weighted by molar-refractivity contribution is -0.283.